The fourth-order valence-electron chi connectivity index (χ4n) is 3.66. The van der Waals surface area contributed by atoms with Crippen molar-refractivity contribution in [2.24, 2.45) is 0 Å². The monoisotopic (exact) mass is 493 g/mol. The summed E-state index contributed by atoms with van der Waals surface area (Å²) < 4.78 is 12.2. The van der Waals surface area contributed by atoms with E-state index in [-0.39, 0.29) is 22.8 Å². The van der Waals surface area contributed by atoms with Crippen LogP contribution in [0.1, 0.15) is 78.2 Å². The van der Waals surface area contributed by atoms with Gasteiger partial charge in [0.25, 0.3) is 5.91 Å². The van der Waals surface area contributed by atoms with E-state index in [0.29, 0.717) is 23.0 Å². The number of aliphatic carboxylic acids is 1. The molecule has 1 aromatic carbocycles. The van der Waals surface area contributed by atoms with Crippen molar-refractivity contribution in [3.05, 3.63) is 28.7 Å². The van der Waals surface area contributed by atoms with Gasteiger partial charge in [0, 0.05) is 0 Å². The number of amides is 1. The highest BCUT2D eigenvalue weighted by Gasteiger charge is 2.39. The van der Waals surface area contributed by atoms with E-state index in [1.54, 1.807) is 13.0 Å². The number of rotatable bonds is 14. The van der Waals surface area contributed by atoms with Crippen LogP contribution in [-0.4, -0.2) is 45.0 Å². The van der Waals surface area contributed by atoms with E-state index < -0.39 is 12.0 Å². The van der Waals surface area contributed by atoms with Gasteiger partial charge in [0.05, 0.1) is 17.6 Å². The van der Waals surface area contributed by atoms with Crippen LogP contribution < -0.4 is 9.47 Å². The van der Waals surface area contributed by atoms with Crippen LogP contribution in [0.25, 0.3) is 6.08 Å². The molecule has 8 heteroatoms. The number of carbonyl (C=O) groups excluding carboxylic acids is 1. The van der Waals surface area contributed by atoms with Crippen LogP contribution in [0.2, 0.25) is 0 Å². The third-order valence-electron chi connectivity index (χ3n) is 5.41. The summed E-state index contributed by atoms with van der Waals surface area (Å²) >= 11 is 6.41. The Kier molecular flexibility index (Phi) is 11.2. The summed E-state index contributed by atoms with van der Waals surface area (Å²) in [5, 5.41) is 9.42. The van der Waals surface area contributed by atoms with Crippen molar-refractivity contribution in [3.63, 3.8) is 0 Å². The number of hydrogen-bond donors (Lipinski definition) is 1. The number of thioether (sulfide) groups is 1. The Labute approximate surface area is 206 Å². The first-order chi connectivity index (χ1) is 15.8. The lowest BCUT2D eigenvalue weighted by atomic mass is 10.1. The van der Waals surface area contributed by atoms with Gasteiger partial charge in [-0.2, -0.15) is 0 Å². The summed E-state index contributed by atoms with van der Waals surface area (Å²) in [6.07, 6.45) is 9.21. The first kappa shape index (κ1) is 27.2. The molecule has 0 saturated carbocycles. The quantitative estimate of drug-likeness (QED) is 0.186. The summed E-state index contributed by atoms with van der Waals surface area (Å²) in [7, 11) is 0. The molecule has 1 heterocycles. The summed E-state index contributed by atoms with van der Waals surface area (Å²) in [5.74, 6) is -0.139. The molecular weight excluding hydrogens is 458 g/mol. The first-order valence-electron chi connectivity index (χ1n) is 11.8. The van der Waals surface area contributed by atoms with Gasteiger partial charge in [-0.3, -0.25) is 9.69 Å². The van der Waals surface area contributed by atoms with Gasteiger partial charge in [-0.1, -0.05) is 69.6 Å². The lowest BCUT2D eigenvalue weighted by Gasteiger charge is -2.21. The van der Waals surface area contributed by atoms with E-state index in [2.05, 4.69) is 13.8 Å². The summed E-state index contributed by atoms with van der Waals surface area (Å²) in [6, 6.07) is 4.61. The smallest absolute Gasteiger partial charge is 0.326 e. The molecular formula is C25H35NO5S2. The molecule has 1 aliphatic rings. The van der Waals surface area contributed by atoms with Crippen molar-refractivity contribution in [1.82, 2.24) is 4.90 Å². The van der Waals surface area contributed by atoms with E-state index >= 15 is 0 Å². The van der Waals surface area contributed by atoms with Crippen molar-refractivity contribution in [2.75, 3.05) is 6.61 Å². The number of unbranched alkanes of at least 4 members (excludes halogenated alkanes) is 4. The summed E-state index contributed by atoms with van der Waals surface area (Å²) in [6.45, 7) is 8.41. The topological polar surface area (TPSA) is 76.1 Å². The molecule has 2 atom stereocenters. The highest BCUT2D eigenvalue weighted by Crippen LogP contribution is 2.36. The zero-order valence-electron chi connectivity index (χ0n) is 20.0. The zero-order valence-corrected chi connectivity index (χ0v) is 21.6. The minimum atomic E-state index is -1.06. The molecule has 6 nitrogen and oxygen atoms in total. The summed E-state index contributed by atoms with van der Waals surface area (Å²) in [5.41, 5.74) is 0.766. The van der Waals surface area contributed by atoms with Gasteiger partial charge in [-0.05, 0) is 56.9 Å². The lowest BCUT2D eigenvalue weighted by Crippen LogP contribution is -2.43. The van der Waals surface area contributed by atoms with Crippen molar-refractivity contribution >= 4 is 46.3 Å². The van der Waals surface area contributed by atoms with Gasteiger partial charge >= 0.3 is 5.97 Å². The number of ether oxygens (including phenoxy) is 2. The molecule has 33 heavy (non-hydrogen) atoms. The zero-order chi connectivity index (χ0) is 24.4. The van der Waals surface area contributed by atoms with E-state index in [1.165, 1.54) is 30.6 Å². The number of hydrogen-bond acceptors (Lipinski definition) is 6. The maximum Gasteiger partial charge on any atom is 0.326 e. The van der Waals surface area contributed by atoms with Crippen LogP contribution in [0.15, 0.2) is 23.1 Å². The van der Waals surface area contributed by atoms with Crippen LogP contribution >= 0.6 is 24.0 Å². The molecule has 0 radical (unpaired) electrons. The lowest BCUT2D eigenvalue weighted by molar-refractivity contribution is -0.145. The van der Waals surface area contributed by atoms with Crippen LogP contribution in [-0.2, 0) is 9.59 Å². The Morgan fingerprint density at radius 2 is 1.91 bits per heavy atom. The Balaban J connectivity index is 2.13. The standard InChI is InChI=1S/C25H35NO5S2/c1-5-8-9-10-11-12-17(4)31-20-14-13-18(15-21(20)30-7-3)16-22-23(27)26(25(32)33-22)19(6-2)24(28)29/h13-17,19H,5-12H2,1-4H3,(H,28,29)/b22-16+. The molecule has 1 N–H and O–H groups in total. The molecule has 1 aromatic rings. The number of nitrogens with zero attached hydrogens (tertiary/aromatic N) is 1. The van der Waals surface area contributed by atoms with Gasteiger partial charge in [0.15, 0.2) is 11.5 Å². The third kappa shape index (κ3) is 7.74. The Morgan fingerprint density at radius 3 is 2.55 bits per heavy atom. The van der Waals surface area contributed by atoms with E-state index in [4.69, 9.17) is 21.7 Å². The SMILES string of the molecule is CCCCCCCC(C)Oc1ccc(/C=C2/SC(=S)N(C(CC)C(=O)O)C2=O)cc1OCC. The van der Waals surface area contributed by atoms with Crippen molar-refractivity contribution in [1.29, 1.82) is 0 Å². The molecule has 1 fully saturated rings. The van der Waals surface area contributed by atoms with E-state index in [9.17, 15) is 14.7 Å². The largest absolute Gasteiger partial charge is 0.490 e. The maximum atomic E-state index is 12.8. The van der Waals surface area contributed by atoms with Gasteiger partial charge in [-0.15, -0.1) is 0 Å². The Morgan fingerprint density at radius 1 is 1.18 bits per heavy atom. The molecule has 1 aliphatic heterocycles. The second-order valence-electron chi connectivity index (χ2n) is 8.08. The summed E-state index contributed by atoms with van der Waals surface area (Å²) in [4.78, 5) is 26.0. The minimum absolute atomic E-state index is 0.0786. The molecule has 0 aliphatic carbocycles. The highest BCUT2D eigenvalue weighted by atomic mass is 32.2. The van der Waals surface area contributed by atoms with Gasteiger partial charge in [0.1, 0.15) is 10.4 Å². The molecule has 182 valence electrons. The normalized spacial score (nSPS) is 16.8. The van der Waals surface area contributed by atoms with Crippen LogP contribution in [0.5, 0.6) is 11.5 Å². The van der Waals surface area contributed by atoms with E-state index in [1.807, 2.05) is 25.1 Å². The number of carbonyl (C=O) groups is 2. The number of thiocarbonyl (C=S) groups is 1. The van der Waals surface area contributed by atoms with Gasteiger partial charge < -0.3 is 14.6 Å². The molecule has 2 unspecified atom stereocenters. The Bertz CT molecular complexity index is 870. The average Bonchev–Trinajstić information content (AvgIpc) is 3.03. The molecule has 2 rings (SSSR count). The van der Waals surface area contributed by atoms with Gasteiger partial charge in [-0.25, -0.2) is 4.79 Å². The molecule has 0 aromatic heterocycles. The van der Waals surface area contributed by atoms with Crippen LogP contribution in [0.3, 0.4) is 0 Å². The molecule has 1 amide bonds. The highest BCUT2D eigenvalue weighted by molar-refractivity contribution is 8.26. The van der Waals surface area contributed by atoms with E-state index in [0.717, 1.165) is 30.2 Å². The number of carboxylic acid groups (broad SMARTS) is 1. The predicted molar refractivity (Wildman–Crippen MR) is 138 cm³/mol. The second kappa shape index (κ2) is 13.6. The van der Waals surface area contributed by atoms with Crippen molar-refractivity contribution in [3.8, 4) is 11.5 Å². The third-order valence-corrected chi connectivity index (χ3v) is 6.75. The van der Waals surface area contributed by atoms with Crippen LogP contribution in [0.4, 0.5) is 0 Å². The predicted octanol–water partition coefficient (Wildman–Crippen LogP) is 6.28. The van der Waals surface area contributed by atoms with Gasteiger partial charge in [0.2, 0.25) is 0 Å². The number of benzene rings is 1. The molecule has 1 saturated heterocycles. The van der Waals surface area contributed by atoms with Crippen molar-refractivity contribution in [2.45, 2.75) is 84.8 Å². The molecule has 0 spiro atoms. The second-order valence-corrected chi connectivity index (χ2v) is 9.76. The average molecular weight is 494 g/mol. The maximum absolute atomic E-state index is 12.8. The fraction of sp³-hybridized carbons (Fsp3) is 0.560. The fourth-order valence-corrected chi connectivity index (χ4v) is 5.02. The minimum Gasteiger partial charge on any atom is -0.490 e. The van der Waals surface area contributed by atoms with Crippen molar-refractivity contribution < 1.29 is 24.2 Å². The first-order valence-corrected chi connectivity index (χ1v) is 13.0. The molecule has 0 bridgehead atoms. The Hall–Kier alpha value is -2.06. The van der Waals surface area contributed by atoms with Crippen LogP contribution in [0, 0.1) is 0 Å². The number of carboxylic acids is 1.